The quantitative estimate of drug-likeness (QED) is 0.0138. The Morgan fingerprint density at radius 2 is 1.36 bits per heavy atom. The van der Waals surface area contributed by atoms with Gasteiger partial charge in [0.05, 0.1) is 136 Å². The number of carboxylic acid groups (broad SMARTS) is 2. The van der Waals surface area contributed by atoms with Gasteiger partial charge in [-0.1, -0.05) is 24.1 Å². The molecule has 0 unspecified atom stereocenters. The summed E-state index contributed by atoms with van der Waals surface area (Å²) in [5, 5.41) is 43.1. The normalized spacial score (nSPS) is 12.3. The highest BCUT2D eigenvalue weighted by Gasteiger charge is 2.39. The highest BCUT2D eigenvalue weighted by Crippen LogP contribution is 2.42. The summed E-state index contributed by atoms with van der Waals surface area (Å²) >= 11 is 6.16. The van der Waals surface area contributed by atoms with Crippen LogP contribution in [0.3, 0.4) is 0 Å². The number of aliphatic carboxylic acids is 1. The number of anilines is 1. The number of aromatic amines is 1. The van der Waals surface area contributed by atoms with Gasteiger partial charge in [-0.05, 0) is 79.1 Å². The minimum Gasteiger partial charge on any atom is -0.542 e. The Hall–Kier alpha value is -8.59. The summed E-state index contributed by atoms with van der Waals surface area (Å²) in [4.78, 5) is 65.2. The Kier molecular flexibility index (Phi) is 29.4. The monoisotopic (exact) mass is 1340 g/mol. The summed E-state index contributed by atoms with van der Waals surface area (Å²) in [6.45, 7) is 7.96. The molecule has 0 atom stereocenters. The maximum atomic E-state index is 13.5. The minimum absolute atomic E-state index is 0.0624. The van der Waals surface area contributed by atoms with E-state index >= 15 is 0 Å². The van der Waals surface area contributed by atoms with Gasteiger partial charge in [-0.3, -0.25) is 19.3 Å². The number of rotatable bonds is 40. The molecule has 508 valence electrons. The molecule has 94 heavy (non-hydrogen) atoms. The lowest BCUT2D eigenvalue weighted by Gasteiger charge is -2.35. The summed E-state index contributed by atoms with van der Waals surface area (Å²) in [5.74, 6) is -2.81. The molecule has 5 N–H and O–H groups in total. The van der Waals surface area contributed by atoms with E-state index in [2.05, 4.69) is 25.8 Å². The van der Waals surface area contributed by atoms with Gasteiger partial charge in [0.15, 0.2) is 11.5 Å². The maximum Gasteiger partial charge on any atom is 0.430 e. The van der Waals surface area contributed by atoms with Gasteiger partial charge >= 0.3 is 18.1 Å². The van der Waals surface area contributed by atoms with E-state index in [0.29, 0.717) is 196 Å². The fourth-order valence-electron chi connectivity index (χ4n) is 9.15. The van der Waals surface area contributed by atoms with Crippen molar-refractivity contribution in [2.24, 2.45) is 0 Å². The van der Waals surface area contributed by atoms with Gasteiger partial charge in [-0.2, -0.15) is 22.8 Å². The predicted octanol–water partition coefficient (Wildman–Crippen LogP) is 5.47. The molecule has 1 aliphatic carbocycles. The number of phenolic OH excluding ortho intramolecular Hbond substituents is 1. The van der Waals surface area contributed by atoms with Gasteiger partial charge in [0.25, 0.3) is 5.91 Å². The number of halogens is 5. The number of H-pyrrole nitrogens is 1. The SMILES string of the molecule is COc1ccc(-[n+]2c(N3CC(Oc4ccc(F)cc4Cl)C3)n[nH]c2COCCOCCOCCOCCOCCOCCOCCOCCNC(=O)CCCCCNC(=O)c2ccc(-c3c4ccc(=O)cc-4oc4cc(O)ccc34)c(C(=O)O)c2)cn1.O=C([O-])C(F)(F)F. The number of carboxylic acids is 2. The molecular weight excluding hydrogens is 1270 g/mol. The van der Waals surface area contributed by atoms with Gasteiger partial charge in [0.2, 0.25) is 17.6 Å². The van der Waals surface area contributed by atoms with Crippen molar-refractivity contribution < 1.29 is 108 Å². The first-order valence-corrected chi connectivity index (χ1v) is 30.2. The number of nitrogens with zero attached hydrogens (tertiary/aromatic N) is 4. The van der Waals surface area contributed by atoms with Gasteiger partial charge in [0, 0.05) is 64.9 Å². The van der Waals surface area contributed by atoms with Crippen molar-refractivity contribution in [3.05, 3.63) is 129 Å². The van der Waals surface area contributed by atoms with Crippen molar-refractivity contribution in [2.75, 3.05) is 137 Å². The fraction of sp³-hybridized carbons (Fsp3) is 0.429. The first-order chi connectivity index (χ1) is 45.4. The summed E-state index contributed by atoms with van der Waals surface area (Å²) in [5.41, 5.74) is 2.06. The number of amides is 2. The predicted molar refractivity (Wildman–Crippen MR) is 326 cm³/mol. The van der Waals surface area contributed by atoms with Crippen molar-refractivity contribution in [3.63, 3.8) is 0 Å². The molecule has 3 aliphatic rings. The summed E-state index contributed by atoms with van der Waals surface area (Å²) in [7, 11) is 1.56. The number of aromatic nitrogens is 4. The van der Waals surface area contributed by atoms with E-state index in [4.69, 9.17) is 73.3 Å². The molecule has 0 bridgehead atoms. The third-order valence-electron chi connectivity index (χ3n) is 13.7. The number of ether oxygens (including phenoxy) is 10. The van der Waals surface area contributed by atoms with E-state index in [1.807, 2.05) is 15.5 Å². The van der Waals surface area contributed by atoms with Crippen LogP contribution >= 0.6 is 11.6 Å². The molecule has 2 amide bonds. The van der Waals surface area contributed by atoms with Crippen LogP contribution in [0.25, 0.3) is 39.1 Å². The number of phenols is 1. The number of nitrogens with one attached hydrogen (secondary N) is 3. The number of pyridine rings is 1. The Labute approximate surface area is 541 Å². The second kappa shape index (κ2) is 37.9. The number of carbonyl (C=O) groups is 4. The fourth-order valence-corrected chi connectivity index (χ4v) is 9.36. The van der Waals surface area contributed by atoms with Gasteiger partial charge in [0.1, 0.15) is 46.9 Å². The lowest BCUT2D eigenvalue weighted by Crippen LogP contribution is -2.58. The number of benzene rings is 4. The van der Waals surface area contributed by atoms with E-state index in [-0.39, 0.29) is 57.3 Å². The van der Waals surface area contributed by atoms with Crippen LogP contribution in [-0.2, 0) is 54.1 Å². The molecule has 0 radical (unpaired) electrons. The number of methoxy groups -OCH3 is 1. The molecule has 1 fully saturated rings. The zero-order valence-electron chi connectivity index (χ0n) is 51.2. The van der Waals surface area contributed by atoms with E-state index in [1.165, 1.54) is 54.6 Å². The Bertz CT molecular complexity index is 3580. The molecule has 5 aromatic rings. The van der Waals surface area contributed by atoms with Crippen LogP contribution in [0.15, 0.2) is 100 Å². The van der Waals surface area contributed by atoms with Crippen LogP contribution in [-0.4, -0.2) is 194 Å². The van der Waals surface area contributed by atoms with E-state index in [9.17, 15) is 47.0 Å². The number of alkyl halides is 3. The van der Waals surface area contributed by atoms with Gasteiger partial charge in [-0.15, -0.1) is 0 Å². The second-order valence-corrected chi connectivity index (χ2v) is 20.9. The topological polar surface area (TPSA) is 327 Å². The molecule has 3 aromatic carbocycles. The van der Waals surface area contributed by atoms with Crippen LogP contribution in [0.2, 0.25) is 5.02 Å². The number of hydrogen-bond acceptors (Lipinski definition) is 21. The van der Waals surface area contributed by atoms with Crippen molar-refractivity contribution in [3.8, 4) is 45.5 Å². The van der Waals surface area contributed by atoms with E-state index in [1.54, 1.807) is 37.6 Å². The summed E-state index contributed by atoms with van der Waals surface area (Å²) < 4.78 is 109. The average molecular weight is 1340 g/mol. The number of carbonyl (C=O) groups excluding carboxylic acids is 3. The maximum absolute atomic E-state index is 13.5. The molecule has 4 heterocycles. The zero-order chi connectivity index (χ0) is 67.2. The number of aromatic carboxylic acids is 1. The van der Waals surface area contributed by atoms with Crippen molar-refractivity contribution >= 4 is 52.3 Å². The summed E-state index contributed by atoms with van der Waals surface area (Å²) in [6, 6.07) is 20.8. The lowest BCUT2D eigenvalue weighted by atomic mass is 9.90. The van der Waals surface area contributed by atoms with E-state index in [0.717, 1.165) is 5.69 Å². The molecule has 8 rings (SSSR count). The molecule has 1 saturated heterocycles. The summed E-state index contributed by atoms with van der Waals surface area (Å²) in [6.07, 6.45) is -1.41. The Morgan fingerprint density at radius 3 is 1.95 bits per heavy atom. The van der Waals surface area contributed by atoms with Gasteiger partial charge in [-0.25, -0.2) is 14.2 Å². The van der Waals surface area contributed by atoms with Crippen LogP contribution in [0.1, 0.15) is 52.2 Å². The average Bonchev–Trinajstić information content (AvgIpc) is 0.799. The Balaban J connectivity index is 0.00000169. The van der Waals surface area contributed by atoms with Gasteiger partial charge < -0.3 is 82.5 Å². The van der Waals surface area contributed by atoms with Crippen molar-refractivity contribution in [1.29, 1.82) is 0 Å². The molecule has 0 spiro atoms. The van der Waals surface area contributed by atoms with Crippen LogP contribution in [0, 0.1) is 5.82 Å². The van der Waals surface area contributed by atoms with E-state index < -0.39 is 29.8 Å². The smallest absolute Gasteiger partial charge is 0.430 e. The van der Waals surface area contributed by atoms with Crippen LogP contribution in [0.4, 0.5) is 23.5 Å². The largest absolute Gasteiger partial charge is 0.542 e. The molecule has 31 heteroatoms. The number of fused-ring (bicyclic) bond motifs is 2. The molecule has 26 nitrogen and oxygen atoms in total. The second-order valence-electron chi connectivity index (χ2n) is 20.5. The van der Waals surface area contributed by atoms with Crippen LogP contribution in [0.5, 0.6) is 17.4 Å². The van der Waals surface area contributed by atoms with Crippen LogP contribution < -0.4 is 40.1 Å². The number of unbranched alkanes of at least 4 members (excludes halogenated alkanes) is 2. The first-order valence-electron chi connectivity index (χ1n) is 29.8. The molecule has 2 aliphatic heterocycles. The molecular formula is C63H72ClF4N7O19. The molecule has 0 saturated carbocycles. The lowest BCUT2D eigenvalue weighted by molar-refractivity contribution is -0.595. The highest BCUT2D eigenvalue weighted by atomic mass is 35.5. The Morgan fingerprint density at radius 1 is 0.745 bits per heavy atom. The third kappa shape index (κ3) is 23.2. The zero-order valence-corrected chi connectivity index (χ0v) is 52.0. The minimum atomic E-state index is -5.19. The standard InChI is InChI=1S/C61H71ClFN7O17.C2HF3O2/c1-77-57-15-8-43(37-66-57)70-55(67-68-61(70)69-38-46(39-69)86-52-14-7-42(63)34-51(52)62)40-85-32-31-84-30-29-83-28-27-82-26-25-81-24-23-80-22-21-79-20-19-78-18-17-64-56(73)5-3-2-4-16-65-59(74)41-6-11-47(50(33-41)60(75)76)58-48-12-9-44(71)35-53(48)87-54-36-45(72)10-13-49(54)58;3-2(4,5)1(6)7/h6-15,33-37,46H,2-5,16-32,38-40H2,1H3,(H4,64,65,71,72,73,74,75,76);(H,6,7). The third-order valence-corrected chi connectivity index (χ3v) is 14.0. The highest BCUT2D eigenvalue weighted by molar-refractivity contribution is 6.32. The first kappa shape index (κ1) is 72.8. The number of hydrogen-bond donors (Lipinski definition) is 5. The molecule has 2 aromatic heterocycles. The number of aromatic hydroxyl groups is 1. The van der Waals surface area contributed by atoms with Crippen molar-refractivity contribution in [2.45, 2.75) is 44.6 Å². The van der Waals surface area contributed by atoms with Crippen molar-refractivity contribution in [1.82, 2.24) is 25.8 Å².